The number of hydrogen-bond acceptors (Lipinski definition) is 4. The second-order valence-electron chi connectivity index (χ2n) is 5.58. The number of likely N-dealkylation sites (tertiary alicyclic amines) is 1. The first-order chi connectivity index (χ1) is 11.3. The van der Waals surface area contributed by atoms with E-state index in [2.05, 4.69) is 5.10 Å². The van der Waals surface area contributed by atoms with Crippen LogP contribution in [0.1, 0.15) is 23.2 Å². The van der Waals surface area contributed by atoms with Crippen LogP contribution in [0.5, 0.6) is 0 Å². The third kappa shape index (κ3) is 3.60. The quantitative estimate of drug-likeness (QED) is 0.907. The number of aromatic nitrogens is 2. The maximum absolute atomic E-state index is 12.9. The minimum atomic E-state index is -0.00611. The Balaban J connectivity index is 1.78. The van der Waals surface area contributed by atoms with Gasteiger partial charge in [0, 0.05) is 25.5 Å². The standard InChI is InChI=1S/C17H21N3O3/c21-11-12-23-14-5-3-9-19(13-14)17(22)15-6-1-2-7-16(15)20-10-4-8-18-20/h1-2,4,6-8,10,14,21H,3,5,9,11-13H2. The fourth-order valence-electron chi connectivity index (χ4n) is 2.91. The Kier molecular flexibility index (Phi) is 5.05. The molecule has 1 aliphatic heterocycles. The average Bonchev–Trinajstić information content (AvgIpc) is 3.14. The molecule has 2 aromatic rings. The van der Waals surface area contributed by atoms with Crippen LogP contribution in [0.2, 0.25) is 0 Å². The Labute approximate surface area is 135 Å². The number of rotatable bonds is 5. The molecule has 122 valence electrons. The van der Waals surface area contributed by atoms with Gasteiger partial charge in [-0.1, -0.05) is 12.1 Å². The van der Waals surface area contributed by atoms with Crippen LogP contribution in [0.15, 0.2) is 42.7 Å². The topological polar surface area (TPSA) is 67.6 Å². The minimum absolute atomic E-state index is 0.00304. The number of para-hydroxylation sites is 1. The van der Waals surface area contributed by atoms with Gasteiger partial charge in [-0.3, -0.25) is 4.79 Å². The van der Waals surface area contributed by atoms with E-state index in [4.69, 9.17) is 9.84 Å². The van der Waals surface area contributed by atoms with Crippen molar-refractivity contribution < 1.29 is 14.6 Å². The molecule has 1 N–H and O–H groups in total. The summed E-state index contributed by atoms with van der Waals surface area (Å²) in [5.74, 6) is -0.00611. The first-order valence-corrected chi connectivity index (χ1v) is 7.90. The molecular weight excluding hydrogens is 294 g/mol. The Bertz CT molecular complexity index is 642. The van der Waals surface area contributed by atoms with Crippen LogP contribution in [0.25, 0.3) is 5.69 Å². The molecule has 0 saturated carbocycles. The first kappa shape index (κ1) is 15.7. The van der Waals surface area contributed by atoms with E-state index in [1.807, 2.05) is 41.4 Å². The molecule has 6 nitrogen and oxygen atoms in total. The fraction of sp³-hybridized carbons (Fsp3) is 0.412. The number of nitrogens with zero attached hydrogens (tertiary/aromatic N) is 3. The zero-order chi connectivity index (χ0) is 16.1. The number of aliphatic hydroxyl groups is 1. The number of carbonyl (C=O) groups excluding carboxylic acids is 1. The van der Waals surface area contributed by atoms with Gasteiger partial charge < -0.3 is 14.7 Å². The Morgan fingerprint density at radius 2 is 2.22 bits per heavy atom. The van der Waals surface area contributed by atoms with E-state index in [-0.39, 0.29) is 18.6 Å². The second kappa shape index (κ2) is 7.39. The smallest absolute Gasteiger partial charge is 0.256 e. The molecule has 0 bridgehead atoms. The van der Waals surface area contributed by atoms with Gasteiger partial charge in [0.2, 0.25) is 0 Å². The summed E-state index contributed by atoms with van der Waals surface area (Å²) in [6.45, 7) is 1.61. The van der Waals surface area contributed by atoms with Gasteiger partial charge in [-0.25, -0.2) is 4.68 Å². The van der Waals surface area contributed by atoms with Crippen LogP contribution < -0.4 is 0 Å². The van der Waals surface area contributed by atoms with Crippen molar-refractivity contribution in [2.75, 3.05) is 26.3 Å². The molecule has 6 heteroatoms. The van der Waals surface area contributed by atoms with Crippen molar-refractivity contribution in [1.29, 1.82) is 0 Å². The second-order valence-corrected chi connectivity index (χ2v) is 5.58. The van der Waals surface area contributed by atoms with Gasteiger partial charge in [0.05, 0.1) is 30.6 Å². The summed E-state index contributed by atoms with van der Waals surface area (Å²) in [7, 11) is 0. The highest BCUT2D eigenvalue weighted by atomic mass is 16.5. The van der Waals surface area contributed by atoms with Crippen molar-refractivity contribution in [3.8, 4) is 5.69 Å². The monoisotopic (exact) mass is 315 g/mol. The van der Waals surface area contributed by atoms with E-state index >= 15 is 0 Å². The summed E-state index contributed by atoms with van der Waals surface area (Å²) in [6, 6.07) is 9.32. The summed E-state index contributed by atoms with van der Waals surface area (Å²) < 4.78 is 7.29. The summed E-state index contributed by atoms with van der Waals surface area (Å²) in [5.41, 5.74) is 1.42. The maximum Gasteiger partial charge on any atom is 0.256 e. The molecule has 1 aromatic heterocycles. The third-order valence-corrected chi connectivity index (χ3v) is 4.00. The molecule has 3 rings (SSSR count). The fourth-order valence-corrected chi connectivity index (χ4v) is 2.91. The van der Waals surface area contributed by atoms with Gasteiger partial charge in [-0.2, -0.15) is 5.10 Å². The Morgan fingerprint density at radius 3 is 3.00 bits per heavy atom. The molecule has 1 fully saturated rings. The van der Waals surface area contributed by atoms with Gasteiger partial charge in [0.15, 0.2) is 0 Å². The molecule has 1 amide bonds. The predicted molar refractivity (Wildman–Crippen MR) is 85.5 cm³/mol. The van der Waals surface area contributed by atoms with E-state index in [0.29, 0.717) is 18.7 Å². The maximum atomic E-state index is 12.9. The van der Waals surface area contributed by atoms with Gasteiger partial charge in [-0.15, -0.1) is 0 Å². The number of aliphatic hydroxyl groups excluding tert-OH is 1. The predicted octanol–water partition coefficient (Wildman–Crippen LogP) is 1.49. The molecule has 1 aromatic carbocycles. The highest BCUT2D eigenvalue weighted by Crippen LogP contribution is 2.20. The van der Waals surface area contributed by atoms with Crippen LogP contribution in [0.3, 0.4) is 0 Å². The van der Waals surface area contributed by atoms with E-state index in [1.165, 1.54) is 0 Å². The first-order valence-electron chi connectivity index (χ1n) is 7.90. The van der Waals surface area contributed by atoms with Crippen molar-refractivity contribution in [2.24, 2.45) is 0 Å². The van der Waals surface area contributed by atoms with Crippen molar-refractivity contribution in [2.45, 2.75) is 18.9 Å². The zero-order valence-corrected chi connectivity index (χ0v) is 13.0. The Hall–Kier alpha value is -2.18. The number of ether oxygens (including phenoxy) is 1. The van der Waals surface area contributed by atoms with E-state index in [0.717, 1.165) is 25.1 Å². The zero-order valence-electron chi connectivity index (χ0n) is 13.0. The number of amides is 1. The summed E-state index contributed by atoms with van der Waals surface area (Å²) in [4.78, 5) is 14.7. The van der Waals surface area contributed by atoms with Gasteiger partial charge in [0.1, 0.15) is 0 Å². The van der Waals surface area contributed by atoms with Gasteiger partial charge >= 0.3 is 0 Å². The molecule has 2 heterocycles. The average molecular weight is 315 g/mol. The van der Waals surface area contributed by atoms with Crippen LogP contribution in [0, 0.1) is 0 Å². The molecule has 0 radical (unpaired) electrons. The molecular formula is C17H21N3O3. The van der Waals surface area contributed by atoms with E-state index < -0.39 is 0 Å². The molecule has 1 atom stereocenters. The third-order valence-electron chi connectivity index (χ3n) is 4.00. The number of piperidine rings is 1. The molecule has 23 heavy (non-hydrogen) atoms. The summed E-state index contributed by atoms with van der Waals surface area (Å²) in [6.07, 6.45) is 5.35. The Morgan fingerprint density at radius 1 is 1.35 bits per heavy atom. The minimum Gasteiger partial charge on any atom is -0.394 e. The number of carbonyl (C=O) groups is 1. The van der Waals surface area contributed by atoms with Crippen molar-refractivity contribution in [3.63, 3.8) is 0 Å². The van der Waals surface area contributed by atoms with E-state index in [9.17, 15) is 4.79 Å². The van der Waals surface area contributed by atoms with Crippen LogP contribution in [-0.2, 0) is 4.74 Å². The normalized spacial score (nSPS) is 18.1. The van der Waals surface area contributed by atoms with Gasteiger partial charge in [-0.05, 0) is 31.0 Å². The van der Waals surface area contributed by atoms with Crippen LogP contribution in [-0.4, -0.2) is 58.1 Å². The number of benzene rings is 1. The van der Waals surface area contributed by atoms with Gasteiger partial charge in [0.25, 0.3) is 5.91 Å². The largest absolute Gasteiger partial charge is 0.394 e. The van der Waals surface area contributed by atoms with Crippen molar-refractivity contribution >= 4 is 5.91 Å². The summed E-state index contributed by atoms with van der Waals surface area (Å²) in [5, 5.41) is 13.1. The van der Waals surface area contributed by atoms with Crippen molar-refractivity contribution in [3.05, 3.63) is 48.3 Å². The molecule has 1 aliphatic rings. The SMILES string of the molecule is O=C(c1ccccc1-n1cccn1)N1CCCC(OCCO)C1. The van der Waals surface area contributed by atoms with Crippen LogP contribution >= 0.6 is 0 Å². The van der Waals surface area contributed by atoms with Crippen LogP contribution in [0.4, 0.5) is 0 Å². The molecule has 0 aliphatic carbocycles. The lowest BCUT2D eigenvalue weighted by Gasteiger charge is -2.33. The molecule has 1 unspecified atom stereocenters. The highest BCUT2D eigenvalue weighted by molar-refractivity contribution is 5.97. The number of hydrogen-bond donors (Lipinski definition) is 1. The van der Waals surface area contributed by atoms with E-state index in [1.54, 1.807) is 10.9 Å². The lowest BCUT2D eigenvalue weighted by Crippen LogP contribution is -2.43. The van der Waals surface area contributed by atoms with Crippen molar-refractivity contribution in [1.82, 2.24) is 14.7 Å². The summed E-state index contributed by atoms with van der Waals surface area (Å²) >= 11 is 0. The highest BCUT2D eigenvalue weighted by Gasteiger charge is 2.26. The molecule has 1 saturated heterocycles. The lowest BCUT2D eigenvalue weighted by molar-refractivity contribution is -0.0110. The molecule has 0 spiro atoms. The lowest BCUT2D eigenvalue weighted by atomic mass is 10.1.